The van der Waals surface area contributed by atoms with Gasteiger partial charge in [-0.2, -0.15) is 0 Å². The molecule has 2 aliphatic heterocycles. The molecule has 0 aromatic heterocycles. The Kier molecular flexibility index (Phi) is 7.01. The van der Waals surface area contributed by atoms with Crippen molar-refractivity contribution in [2.24, 2.45) is 5.92 Å². The van der Waals surface area contributed by atoms with E-state index in [9.17, 15) is 14.0 Å². The molecular formula is C25H30FN3O4. The van der Waals surface area contributed by atoms with Crippen molar-refractivity contribution < 1.29 is 23.5 Å². The molecule has 2 aromatic rings. The Morgan fingerprint density at radius 2 is 1.42 bits per heavy atom. The summed E-state index contributed by atoms with van der Waals surface area (Å²) in [5.41, 5.74) is 1.000. The summed E-state index contributed by atoms with van der Waals surface area (Å²) >= 11 is 0. The molecule has 0 spiro atoms. The molecular weight excluding hydrogens is 425 g/mol. The molecule has 4 rings (SSSR count). The molecule has 0 aliphatic carbocycles. The number of para-hydroxylation sites is 1. The molecule has 0 N–H and O–H groups in total. The first-order chi connectivity index (χ1) is 16.0. The van der Waals surface area contributed by atoms with Gasteiger partial charge >= 0.3 is 0 Å². The molecule has 33 heavy (non-hydrogen) atoms. The zero-order chi connectivity index (χ0) is 23.4. The second kappa shape index (κ2) is 10.1. The number of piperidine rings is 1. The van der Waals surface area contributed by atoms with E-state index in [4.69, 9.17) is 9.47 Å². The van der Waals surface area contributed by atoms with E-state index in [-0.39, 0.29) is 23.5 Å². The van der Waals surface area contributed by atoms with Gasteiger partial charge in [0.25, 0.3) is 5.91 Å². The minimum Gasteiger partial charge on any atom is -0.496 e. The van der Waals surface area contributed by atoms with Crippen LogP contribution in [0, 0.1) is 11.7 Å². The molecule has 0 saturated carbocycles. The number of hydrogen-bond donors (Lipinski definition) is 0. The van der Waals surface area contributed by atoms with Crippen LogP contribution >= 0.6 is 0 Å². The number of ether oxygens (including phenoxy) is 2. The molecule has 0 radical (unpaired) electrons. The monoisotopic (exact) mass is 455 g/mol. The van der Waals surface area contributed by atoms with Gasteiger partial charge in [0, 0.05) is 45.2 Å². The van der Waals surface area contributed by atoms with Crippen molar-refractivity contribution in [3.05, 3.63) is 53.8 Å². The third-order valence-electron chi connectivity index (χ3n) is 6.56. The molecule has 0 bridgehead atoms. The SMILES string of the molecule is COc1cccc(OC)c1C(=O)N1CCC(C(=O)N2CCN(c3ccccc3F)CC2)CC1. The third-order valence-corrected chi connectivity index (χ3v) is 6.56. The zero-order valence-corrected chi connectivity index (χ0v) is 19.1. The van der Waals surface area contributed by atoms with Crippen molar-refractivity contribution in [2.75, 3.05) is 58.4 Å². The van der Waals surface area contributed by atoms with Crippen LogP contribution < -0.4 is 14.4 Å². The number of piperazine rings is 1. The Bertz CT molecular complexity index is 977. The van der Waals surface area contributed by atoms with Gasteiger partial charge in [-0.3, -0.25) is 9.59 Å². The van der Waals surface area contributed by atoms with E-state index in [1.165, 1.54) is 20.3 Å². The Hall–Kier alpha value is -3.29. The molecule has 0 unspecified atom stereocenters. The van der Waals surface area contributed by atoms with Crippen LogP contribution in [0.4, 0.5) is 10.1 Å². The highest BCUT2D eigenvalue weighted by Gasteiger charge is 2.33. The van der Waals surface area contributed by atoms with Crippen LogP contribution in [0.5, 0.6) is 11.5 Å². The molecule has 2 saturated heterocycles. The van der Waals surface area contributed by atoms with Gasteiger partial charge in [-0.05, 0) is 37.1 Å². The highest BCUT2D eigenvalue weighted by molar-refractivity contribution is 6.00. The summed E-state index contributed by atoms with van der Waals surface area (Å²) in [5, 5.41) is 0. The molecule has 2 aromatic carbocycles. The van der Waals surface area contributed by atoms with Crippen LogP contribution in [-0.2, 0) is 4.79 Å². The number of methoxy groups -OCH3 is 2. The molecule has 7 nitrogen and oxygen atoms in total. The Morgan fingerprint density at radius 3 is 2.00 bits per heavy atom. The fourth-order valence-corrected chi connectivity index (χ4v) is 4.68. The summed E-state index contributed by atoms with van der Waals surface area (Å²) in [6, 6.07) is 12.0. The van der Waals surface area contributed by atoms with Crippen LogP contribution in [0.3, 0.4) is 0 Å². The lowest BCUT2D eigenvalue weighted by Gasteiger charge is -2.39. The number of hydrogen-bond acceptors (Lipinski definition) is 5. The molecule has 2 heterocycles. The van der Waals surface area contributed by atoms with Crippen LogP contribution in [0.25, 0.3) is 0 Å². The predicted octanol–water partition coefficient (Wildman–Crippen LogP) is 3.04. The largest absolute Gasteiger partial charge is 0.496 e. The second-order valence-corrected chi connectivity index (χ2v) is 8.37. The zero-order valence-electron chi connectivity index (χ0n) is 19.1. The number of nitrogens with zero attached hydrogens (tertiary/aromatic N) is 3. The Morgan fingerprint density at radius 1 is 0.818 bits per heavy atom. The summed E-state index contributed by atoms with van der Waals surface area (Å²) in [7, 11) is 3.06. The number of likely N-dealkylation sites (tertiary alicyclic amines) is 1. The first kappa shape index (κ1) is 22.9. The normalized spacial score (nSPS) is 17.1. The maximum Gasteiger partial charge on any atom is 0.261 e. The number of rotatable bonds is 5. The van der Waals surface area contributed by atoms with E-state index in [1.54, 1.807) is 35.2 Å². The molecule has 176 valence electrons. The summed E-state index contributed by atoms with van der Waals surface area (Å²) < 4.78 is 24.8. The first-order valence-corrected chi connectivity index (χ1v) is 11.3. The standard InChI is InChI=1S/C25H30FN3O4/c1-32-21-8-5-9-22(33-2)23(21)25(31)28-12-10-18(11-13-28)24(30)29-16-14-27(15-17-29)20-7-4-3-6-19(20)26/h3-9,18H,10-17H2,1-2H3. The highest BCUT2D eigenvalue weighted by Crippen LogP contribution is 2.31. The van der Waals surface area contributed by atoms with Gasteiger partial charge in [-0.1, -0.05) is 18.2 Å². The summed E-state index contributed by atoms with van der Waals surface area (Å²) in [6.07, 6.45) is 1.24. The summed E-state index contributed by atoms with van der Waals surface area (Å²) in [5.74, 6) is 0.601. The van der Waals surface area contributed by atoms with Gasteiger partial charge in [0.2, 0.25) is 5.91 Å². The Balaban J connectivity index is 1.33. The van der Waals surface area contributed by atoms with Gasteiger partial charge in [0.15, 0.2) is 0 Å². The van der Waals surface area contributed by atoms with Crippen LogP contribution in [0.1, 0.15) is 23.2 Å². The quantitative estimate of drug-likeness (QED) is 0.694. The van der Waals surface area contributed by atoms with Gasteiger partial charge in [0.05, 0.1) is 19.9 Å². The minimum atomic E-state index is -0.235. The van der Waals surface area contributed by atoms with Crippen molar-refractivity contribution in [1.82, 2.24) is 9.80 Å². The molecule has 2 fully saturated rings. The van der Waals surface area contributed by atoms with E-state index in [1.807, 2.05) is 15.9 Å². The van der Waals surface area contributed by atoms with Gasteiger partial charge in [-0.25, -0.2) is 4.39 Å². The smallest absolute Gasteiger partial charge is 0.261 e. The maximum absolute atomic E-state index is 14.1. The van der Waals surface area contributed by atoms with Crippen LogP contribution in [0.15, 0.2) is 42.5 Å². The first-order valence-electron chi connectivity index (χ1n) is 11.3. The fourth-order valence-electron chi connectivity index (χ4n) is 4.68. The molecule has 2 aliphatic rings. The average Bonchev–Trinajstić information content (AvgIpc) is 2.87. The summed E-state index contributed by atoms with van der Waals surface area (Å²) in [6.45, 7) is 3.38. The molecule has 8 heteroatoms. The lowest BCUT2D eigenvalue weighted by atomic mass is 9.94. The van der Waals surface area contributed by atoms with Crippen molar-refractivity contribution in [1.29, 1.82) is 0 Å². The molecule has 2 amide bonds. The van der Waals surface area contributed by atoms with Crippen molar-refractivity contribution in [3.63, 3.8) is 0 Å². The lowest BCUT2D eigenvalue weighted by molar-refractivity contribution is -0.137. The van der Waals surface area contributed by atoms with E-state index in [0.717, 1.165) is 0 Å². The van der Waals surface area contributed by atoms with Crippen molar-refractivity contribution in [2.45, 2.75) is 12.8 Å². The topological polar surface area (TPSA) is 62.3 Å². The van der Waals surface area contributed by atoms with E-state index in [2.05, 4.69) is 0 Å². The van der Waals surface area contributed by atoms with E-state index >= 15 is 0 Å². The molecule has 0 atom stereocenters. The third kappa shape index (κ3) is 4.74. The predicted molar refractivity (Wildman–Crippen MR) is 123 cm³/mol. The number of carbonyl (C=O) groups is 2. The maximum atomic E-state index is 14.1. The minimum absolute atomic E-state index is 0.103. The second-order valence-electron chi connectivity index (χ2n) is 8.37. The fraction of sp³-hybridized carbons (Fsp3) is 0.440. The summed E-state index contributed by atoms with van der Waals surface area (Å²) in [4.78, 5) is 31.9. The lowest BCUT2D eigenvalue weighted by Crippen LogP contribution is -2.52. The highest BCUT2D eigenvalue weighted by atomic mass is 19.1. The Labute approximate surface area is 193 Å². The van der Waals surface area contributed by atoms with Crippen LogP contribution in [0.2, 0.25) is 0 Å². The van der Waals surface area contributed by atoms with Crippen molar-refractivity contribution >= 4 is 17.5 Å². The van der Waals surface area contributed by atoms with E-state index < -0.39 is 0 Å². The van der Waals surface area contributed by atoms with E-state index in [0.29, 0.717) is 74.9 Å². The van der Waals surface area contributed by atoms with Gasteiger partial charge in [0.1, 0.15) is 22.9 Å². The number of carbonyl (C=O) groups excluding carboxylic acids is 2. The van der Waals surface area contributed by atoms with Gasteiger partial charge in [-0.15, -0.1) is 0 Å². The van der Waals surface area contributed by atoms with Crippen molar-refractivity contribution in [3.8, 4) is 11.5 Å². The van der Waals surface area contributed by atoms with Crippen LogP contribution in [-0.4, -0.2) is 75.1 Å². The number of anilines is 1. The van der Waals surface area contributed by atoms with Gasteiger partial charge < -0.3 is 24.2 Å². The average molecular weight is 456 g/mol. The number of halogens is 1. The number of amides is 2. The number of benzene rings is 2.